The highest BCUT2D eigenvalue weighted by Crippen LogP contribution is 2.27. The summed E-state index contributed by atoms with van der Waals surface area (Å²) in [6.07, 6.45) is 5.00. The molecule has 0 aliphatic heterocycles. The van der Waals surface area contributed by atoms with Crippen LogP contribution in [0.4, 0.5) is 4.39 Å². The highest BCUT2D eigenvalue weighted by Gasteiger charge is 2.09. The highest BCUT2D eigenvalue weighted by atomic mass is 19.1. The molecule has 0 saturated heterocycles. The molecule has 106 valence electrons. The van der Waals surface area contributed by atoms with Crippen LogP contribution in [-0.2, 0) is 0 Å². The molecule has 4 aromatic rings. The summed E-state index contributed by atoms with van der Waals surface area (Å²) in [5.41, 5.74) is 4.55. The molecule has 0 spiro atoms. The number of benzene rings is 1. The molecule has 0 atom stereocenters. The molecule has 0 bridgehead atoms. The number of aromatic nitrogens is 4. The minimum Gasteiger partial charge on any atom is -0.265 e. The molecular weight excluding hydrogens is 279 g/mol. The van der Waals surface area contributed by atoms with Gasteiger partial charge in [0.2, 0.25) is 0 Å². The summed E-state index contributed by atoms with van der Waals surface area (Å²) in [4.78, 5) is 8.31. The third-order valence-electron chi connectivity index (χ3n) is 3.53. The first-order valence-electron chi connectivity index (χ1n) is 6.81. The summed E-state index contributed by atoms with van der Waals surface area (Å²) in [5.74, 6) is -0.248. The first kappa shape index (κ1) is 12.6. The van der Waals surface area contributed by atoms with Crippen molar-refractivity contribution in [2.75, 3.05) is 0 Å². The lowest BCUT2D eigenvalue weighted by molar-refractivity contribution is 0.628. The van der Waals surface area contributed by atoms with Gasteiger partial charge in [0, 0.05) is 18.0 Å². The van der Waals surface area contributed by atoms with Crippen molar-refractivity contribution in [2.45, 2.75) is 0 Å². The van der Waals surface area contributed by atoms with Crippen molar-refractivity contribution < 1.29 is 4.39 Å². The van der Waals surface area contributed by atoms with E-state index in [-0.39, 0.29) is 5.82 Å². The molecule has 0 radical (unpaired) electrons. The molecule has 5 heteroatoms. The number of hydrogen-bond donors (Lipinski definition) is 0. The van der Waals surface area contributed by atoms with E-state index in [1.165, 1.54) is 18.5 Å². The number of rotatable bonds is 2. The normalized spacial score (nSPS) is 11.0. The number of pyridine rings is 2. The van der Waals surface area contributed by atoms with Gasteiger partial charge in [0.1, 0.15) is 12.1 Å². The minimum atomic E-state index is -0.248. The molecule has 0 N–H and O–H groups in total. The maximum absolute atomic E-state index is 13.1. The van der Waals surface area contributed by atoms with Crippen LogP contribution >= 0.6 is 0 Å². The van der Waals surface area contributed by atoms with Crippen molar-refractivity contribution >= 4 is 5.65 Å². The molecule has 3 heterocycles. The van der Waals surface area contributed by atoms with Crippen LogP contribution in [0.3, 0.4) is 0 Å². The Labute approximate surface area is 125 Å². The zero-order valence-corrected chi connectivity index (χ0v) is 11.5. The molecule has 0 unspecified atom stereocenters. The summed E-state index contributed by atoms with van der Waals surface area (Å²) in [7, 11) is 0. The van der Waals surface area contributed by atoms with Gasteiger partial charge in [0.05, 0.1) is 5.69 Å². The van der Waals surface area contributed by atoms with Crippen LogP contribution in [0.15, 0.2) is 67.3 Å². The van der Waals surface area contributed by atoms with E-state index in [0.717, 1.165) is 28.0 Å². The predicted molar refractivity (Wildman–Crippen MR) is 81.6 cm³/mol. The van der Waals surface area contributed by atoms with Gasteiger partial charge in [-0.15, -0.1) is 0 Å². The van der Waals surface area contributed by atoms with Gasteiger partial charge in [-0.05, 0) is 47.5 Å². The monoisotopic (exact) mass is 290 g/mol. The molecule has 4 rings (SSSR count). The number of fused-ring (bicyclic) bond motifs is 1. The van der Waals surface area contributed by atoms with E-state index in [4.69, 9.17) is 0 Å². The fourth-order valence-electron chi connectivity index (χ4n) is 2.46. The second kappa shape index (κ2) is 5.04. The Kier molecular flexibility index (Phi) is 2.89. The zero-order chi connectivity index (χ0) is 14.9. The van der Waals surface area contributed by atoms with Crippen molar-refractivity contribution in [3.63, 3.8) is 0 Å². The lowest BCUT2D eigenvalue weighted by atomic mass is 10.0. The number of nitrogens with zero attached hydrogens (tertiary/aromatic N) is 4. The maximum atomic E-state index is 13.1. The van der Waals surface area contributed by atoms with Gasteiger partial charge in [-0.3, -0.25) is 4.98 Å². The van der Waals surface area contributed by atoms with Gasteiger partial charge in [0.25, 0.3) is 0 Å². The summed E-state index contributed by atoms with van der Waals surface area (Å²) in [6.45, 7) is 0. The summed E-state index contributed by atoms with van der Waals surface area (Å²) in [5, 5.41) is 4.27. The van der Waals surface area contributed by atoms with Gasteiger partial charge in [0.15, 0.2) is 5.65 Å². The van der Waals surface area contributed by atoms with Crippen LogP contribution in [0, 0.1) is 5.82 Å². The molecule has 1 aromatic carbocycles. The summed E-state index contributed by atoms with van der Waals surface area (Å²) in [6, 6.07) is 14.2. The van der Waals surface area contributed by atoms with Crippen molar-refractivity contribution in [2.24, 2.45) is 0 Å². The van der Waals surface area contributed by atoms with E-state index in [0.29, 0.717) is 0 Å². The van der Waals surface area contributed by atoms with Crippen LogP contribution in [0.1, 0.15) is 0 Å². The Morgan fingerprint density at radius 1 is 0.818 bits per heavy atom. The average molecular weight is 290 g/mol. The lowest BCUT2D eigenvalue weighted by Crippen LogP contribution is -1.95. The average Bonchev–Trinajstić information content (AvgIpc) is 3.04. The van der Waals surface area contributed by atoms with E-state index in [1.807, 2.05) is 24.3 Å². The molecule has 0 aliphatic carbocycles. The van der Waals surface area contributed by atoms with Crippen molar-refractivity contribution in [1.29, 1.82) is 0 Å². The van der Waals surface area contributed by atoms with Gasteiger partial charge in [-0.25, -0.2) is 13.9 Å². The van der Waals surface area contributed by atoms with E-state index in [1.54, 1.807) is 29.0 Å². The van der Waals surface area contributed by atoms with Crippen LogP contribution < -0.4 is 0 Å². The quantitative estimate of drug-likeness (QED) is 0.566. The standard InChI is InChI=1S/C17H11FN4/c18-15-3-1-12(2-4-15)14-9-16(13-5-7-19-8-6-13)22-17(10-14)20-11-21-22/h1-11H. The SMILES string of the molecule is Fc1ccc(-c2cc(-c3ccncc3)n3ncnc3c2)cc1. The Morgan fingerprint density at radius 3 is 2.36 bits per heavy atom. The summed E-state index contributed by atoms with van der Waals surface area (Å²) >= 11 is 0. The Bertz CT molecular complexity index is 930. The van der Waals surface area contributed by atoms with Crippen LogP contribution in [0.2, 0.25) is 0 Å². The first-order valence-corrected chi connectivity index (χ1v) is 6.81. The molecule has 4 nitrogen and oxygen atoms in total. The van der Waals surface area contributed by atoms with Crippen LogP contribution in [0.5, 0.6) is 0 Å². The molecule has 0 saturated carbocycles. The third-order valence-corrected chi connectivity index (χ3v) is 3.53. The molecule has 22 heavy (non-hydrogen) atoms. The molecular formula is C17H11FN4. The molecule has 3 aromatic heterocycles. The van der Waals surface area contributed by atoms with Crippen molar-refractivity contribution in [3.05, 3.63) is 73.1 Å². The van der Waals surface area contributed by atoms with E-state index >= 15 is 0 Å². The second-order valence-corrected chi connectivity index (χ2v) is 4.90. The van der Waals surface area contributed by atoms with Crippen molar-refractivity contribution in [1.82, 2.24) is 19.6 Å². The fraction of sp³-hybridized carbons (Fsp3) is 0. The van der Waals surface area contributed by atoms with Gasteiger partial charge >= 0.3 is 0 Å². The second-order valence-electron chi connectivity index (χ2n) is 4.90. The highest BCUT2D eigenvalue weighted by molar-refractivity contribution is 5.74. The molecule has 0 amide bonds. The van der Waals surface area contributed by atoms with Crippen LogP contribution in [0.25, 0.3) is 28.0 Å². The Balaban J connectivity index is 1.96. The van der Waals surface area contributed by atoms with E-state index in [2.05, 4.69) is 15.1 Å². The lowest BCUT2D eigenvalue weighted by Gasteiger charge is -2.08. The Morgan fingerprint density at radius 2 is 1.59 bits per heavy atom. The molecule has 0 aliphatic rings. The largest absolute Gasteiger partial charge is 0.265 e. The van der Waals surface area contributed by atoms with Crippen LogP contribution in [-0.4, -0.2) is 19.6 Å². The maximum Gasteiger partial charge on any atom is 0.156 e. The minimum absolute atomic E-state index is 0.248. The number of hydrogen-bond acceptors (Lipinski definition) is 3. The van der Waals surface area contributed by atoms with E-state index < -0.39 is 0 Å². The smallest absolute Gasteiger partial charge is 0.156 e. The van der Waals surface area contributed by atoms with E-state index in [9.17, 15) is 4.39 Å². The number of halogens is 1. The van der Waals surface area contributed by atoms with Crippen molar-refractivity contribution in [3.8, 4) is 22.4 Å². The van der Waals surface area contributed by atoms with Gasteiger partial charge < -0.3 is 0 Å². The Hall–Kier alpha value is -3.08. The predicted octanol–water partition coefficient (Wildman–Crippen LogP) is 3.60. The fourth-order valence-corrected chi connectivity index (χ4v) is 2.46. The topological polar surface area (TPSA) is 43.1 Å². The summed E-state index contributed by atoms with van der Waals surface area (Å²) < 4.78 is 14.9. The van der Waals surface area contributed by atoms with Gasteiger partial charge in [-0.2, -0.15) is 5.10 Å². The zero-order valence-electron chi connectivity index (χ0n) is 11.5. The third kappa shape index (κ3) is 2.13. The first-order chi connectivity index (χ1) is 10.8. The molecule has 0 fully saturated rings. The van der Waals surface area contributed by atoms with Gasteiger partial charge in [-0.1, -0.05) is 12.1 Å².